The molecule has 0 heterocycles. The number of hydrogen-bond donors (Lipinski definition) is 1. The maximum atomic E-state index is 5.92. The molecule has 1 rings (SSSR count). The third-order valence-electron chi connectivity index (χ3n) is 2.15. The lowest BCUT2D eigenvalue weighted by molar-refractivity contribution is 0.684. The van der Waals surface area contributed by atoms with Gasteiger partial charge in [0.1, 0.15) is 0 Å². The quantitative estimate of drug-likeness (QED) is 0.884. The van der Waals surface area contributed by atoms with Gasteiger partial charge in [-0.1, -0.05) is 24.6 Å². The predicted octanol–water partition coefficient (Wildman–Crippen LogP) is 3.94. The predicted molar refractivity (Wildman–Crippen MR) is 73.8 cm³/mol. The number of halogens is 2. The monoisotopic (exact) mass is 307 g/mol. The second-order valence-corrected chi connectivity index (χ2v) is 5.96. The second-order valence-electron chi connectivity index (χ2n) is 3.43. The zero-order valence-electron chi connectivity index (χ0n) is 8.89. The van der Waals surface area contributed by atoms with Crippen LogP contribution in [-0.2, 0) is 6.54 Å². The highest BCUT2D eigenvalue weighted by atomic mass is 79.9. The Labute approximate surface area is 109 Å². The smallest absolute Gasteiger partial charge is 0.0548 e. The molecule has 0 bridgehead atoms. The average molecular weight is 309 g/mol. The van der Waals surface area contributed by atoms with Crippen molar-refractivity contribution in [3.63, 3.8) is 0 Å². The first-order chi connectivity index (χ1) is 7.13. The van der Waals surface area contributed by atoms with E-state index in [0.29, 0.717) is 5.25 Å². The van der Waals surface area contributed by atoms with Crippen LogP contribution in [0.5, 0.6) is 0 Å². The van der Waals surface area contributed by atoms with Gasteiger partial charge in [-0.3, -0.25) is 0 Å². The van der Waals surface area contributed by atoms with E-state index < -0.39 is 0 Å². The highest BCUT2D eigenvalue weighted by Crippen LogP contribution is 2.23. The van der Waals surface area contributed by atoms with Crippen molar-refractivity contribution in [2.45, 2.75) is 18.7 Å². The lowest BCUT2D eigenvalue weighted by Gasteiger charge is -2.10. The van der Waals surface area contributed by atoms with Gasteiger partial charge in [0, 0.05) is 22.8 Å². The summed E-state index contributed by atoms with van der Waals surface area (Å²) in [5.41, 5.74) is 1.25. The van der Waals surface area contributed by atoms with Gasteiger partial charge in [0.05, 0.1) is 5.02 Å². The van der Waals surface area contributed by atoms with Crippen molar-refractivity contribution in [2.24, 2.45) is 0 Å². The summed E-state index contributed by atoms with van der Waals surface area (Å²) in [5, 5.41) is 4.83. The summed E-state index contributed by atoms with van der Waals surface area (Å²) < 4.78 is 0.960. The molecule has 1 aromatic carbocycles. The zero-order chi connectivity index (χ0) is 11.3. The largest absolute Gasteiger partial charge is 0.312 e. The van der Waals surface area contributed by atoms with Gasteiger partial charge in [-0.2, -0.15) is 11.8 Å². The van der Waals surface area contributed by atoms with Crippen molar-refractivity contribution < 1.29 is 0 Å². The Hall–Kier alpha value is 0.300. The Kier molecular flexibility index (Phi) is 6.05. The molecule has 15 heavy (non-hydrogen) atoms. The van der Waals surface area contributed by atoms with Crippen LogP contribution < -0.4 is 5.32 Å². The van der Waals surface area contributed by atoms with E-state index in [-0.39, 0.29) is 0 Å². The molecular formula is C11H15BrClNS. The fraction of sp³-hybridized carbons (Fsp3) is 0.455. The number of rotatable bonds is 5. The summed E-state index contributed by atoms with van der Waals surface area (Å²) in [6.45, 7) is 4.14. The molecule has 1 unspecified atom stereocenters. The first kappa shape index (κ1) is 13.4. The lowest BCUT2D eigenvalue weighted by Crippen LogP contribution is -2.21. The van der Waals surface area contributed by atoms with Crippen LogP contribution in [0, 0.1) is 0 Å². The van der Waals surface area contributed by atoms with Gasteiger partial charge in [0.15, 0.2) is 0 Å². The summed E-state index contributed by atoms with van der Waals surface area (Å²) in [6.07, 6.45) is 2.13. The normalized spacial score (nSPS) is 12.8. The summed E-state index contributed by atoms with van der Waals surface area (Å²) in [6, 6.07) is 6.02. The molecule has 0 radical (unpaired) electrons. The Morgan fingerprint density at radius 2 is 2.27 bits per heavy atom. The molecule has 0 aliphatic rings. The van der Waals surface area contributed by atoms with E-state index in [9.17, 15) is 0 Å². The molecule has 1 nitrogen and oxygen atoms in total. The van der Waals surface area contributed by atoms with Crippen LogP contribution in [0.3, 0.4) is 0 Å². The average Bonchev–Trinajstić information content (AvgIpc) is 2.23. The second kappa shape index (κ2) is 6.79. The highest BCUT2D eigenvalue weighted by molar-refractivity contribution is 9.10. The SMILES string of the molecule is CSC(C)CNCc1ccc(Cl)c(Br)c1. The van der Waals surface area contributed by atoms with Gasteiger partial charge in [-0.25, -0.2) is 0 Å². The Morgan fingerprint density at radius 3 is 2.87 bits per heavy atom. The van der Waals surface area contributed by atoms with Crippen molar-refractivity contribution in [1.82, 2.24) is 5.32 Å². The van der Waals surface area contributed by atoms with Crippen molar-refractivity contribution in [2.75, 3.05) is 12.8 Å². The highest BCUT2D eigenvalue weighted by Gasteiger charge is 2.01. The van der Waals surface area contributed by atoms with Crippen LogP contribution in [0.15, 0.2) is 22.7 Å². The third-order valence-corrected chi connectivity index (χ3v) is 4.33. The fourth-order valence-electron chi connectivity index (χ4n) is 1.15. The number of nitrogens with one attached hydrogen (secondary N) is 1. The lowest BCUT2D eigenvalue weighted by atomic mass is 10.2. The molecule has 84 valence electrons. The molecule has 0 saturated heterocycles. The number of thioether (sulfide) groups is 1. The van der Waals surface area contributed by atoms with E-state index in [1.165, 1.54) is 5.56 Å². The van der Waals surface area contributed by atoms with Gasteiger partial charge < -0.3 is 5.32 Å². The third kappa shape index (κ3) is 4.77. The van der Waals surface area contributed by atoms with Crippen molar-refractivity contribution >= 4 is 39.3 Å². The van der Waals surface area contributed by atoms with E-state index in [1.807, 2.05) is 23.9 Å². The first-order valence-corrected chi connectivity index (χ1v) is 7.27. The van der Waals surface area contributed by atoms with Crippen molar-refractivity contribution in [1.29, 1.82) is 0 Å². The molecule has 0 aliphatic carbocycles. The van der Waals surface area contributed by atoms with E-state index in [1.54, 1.807) is 0 Å². The van der Waals surface area contributed by atoms with E-state index in [2.05, 4.69) is 40.5 Å². The first-order valence-electron chi connectivity index (χ1n) is 4.81. The molecular weight excluding hydrogens is 294 g/mol. The molecule has 0 amide bonds. The summed E-state index contributed by atoms with van der Waals surface area (Å²) in [5.74, 6) is 0. The zero-order valence-corrected chi connectivity index (χ0v) is 12.0. The molecule has 0 fully saturated rings. The van der Waals surface area contributed by atoms with Crippen LogP contribution in [0.2, 0.25) is 5.02 Å². The van der Waals surface area contributed by atoms with Crippen LogP contribution in [0.25, 0.3) is 0 Å². The minimum Gasteiger partial charge on any atom is -0.312 e. The minimum atomic E-state index is 0.653. The summed E-state index contributed by atoms with van der Waals surface area (Å²) in [7, 11) is 0. The van der Waals surface area contributed by atoms with Crippen molar-refractivity contribution in [3.05, 3.63) is 33.3 Å². The fourth-order valence-corrected chi connectivity index (χ4v) is 1.98. The molecule has 0 spiro atoms. The van der Waals surface area contributed by atoms with Gasteiger partial charge >= 0.3 is 0 Å². The maximum absolute atomic E-state index is 5.92. The Balaban J connectivity index is 2.41. The topological polar surface area (TPSA) is 12.0 Å². The van der Waals surface area contributed by atoms with Gasteiger partial charge in [-0.05, 0) is 39.9 Å². The summed E-state index contributed by atoms with van der Waals surface area (Å²) in [4.78, 5) is 0. The van der Waals surface area contributed by atoms with Crippen LogP contribution >= 0.6 is 39.3 Å². The number of hydrogen-bond acceptors (Lipinski definition) is 2. The Bertz CT molecular complexity index is 319. The maximum Gasteiger partial charge on any atom is 0.0548 e. The molecule has 4 heteroatoms. The number of benzene rings is 1. The van der Waals surface area contributed by atoms with E-state index >= 15 is 0 Å². The molecule has 0 aromatic heterocycles. The van der Waals surface area contributed by atoms with Crippen molar-refractivity contribution in [3.8, 4) is 0 Å². The van der Waals surface area contributed by atoms with Crippen LogP contribution in [-0.4, -0.2) is 18.1 Å². The van der Waals surface area contributed by atoms with E-state index in [0.717, 1.165) is 22.6 Å². The minimum absolute atomic E-state index is 0.653. The summed E-state index contributed by atoms with van der Waals surface area (Å²) >= 11 is 11.2. The molecule has 1 aromatic rings. The Morgan fingerprint density at radius 1 is 1.53 bits per heavy atom. The van der Waals surface area contributed by atoms with Gasteiger partial charge in [-0.15, -0.1) is 0 Å². The molecule has 0 saturated carbocycles. The van der Waals surface area contributed by atoms with Gasteiger partial charge in [0.25, 0.3) is 0 Å². The standard InChI is InChI=1S/C11H15BrClNS/c1-8(15-2)6-14-7-9-3-4-11(13)10(12)5-9/h3-5,8,14H,6-7H2,1-2H3. The molecule has 1 atom stereocenters. The van der Waals surface area contributed by atoms with E-state index in [4.69, 9.17) is 11.6 Å². The molecule has 1 N–H and O–H groups in total. The van der Waals surface area contributed by atoms with Crippen LogP contribution in [0.4, 0.5) is 0 Å². The molecule has 0 aliphatic heterocycles. The van der Waals surface area contributed by atoms with Crippen LogP contribution in [0.1, 0.15) is 12.5 Å². The van der Waals surface area contributed by atoms with Gasteiger partial charge in [0.2, 0.25) is 0 Å².